The third-order valence-electron chi connectivity index (χ3n) is 18.8. The van der Waals surface area contributed by atoms with Crippen molar-refractivity contribution in [2.45, 2.75) is 155 Å². The van der Waals surface area contributed by atoms with Crippen molar-refractivity contribution in [1.82, 2.24) is 0 Å². The third-order valence-corrected chi connectivity index (χ3v) is 20.0. The number of thiophene rings is 1. The number of hydrogen-bond donors (Lipinski definition) is 0. The maximum Gasteiger partial charge on any atom is 0.252 e. The molecule has 2 aliphatic heterocycles. The van der Waals surface area contributed by atoms with E-state index in [0.717, 1.165) is 29.9 Å². The maximum atomic E-state index is 2.74. The van der Waals surface area contributed by atoms with Crippen LogP contribution in [0.1, 0.15) is 156 Å². The smallest absolute Gasteiger partial charge is 0.252 e. The Balaban J connectivity index is 1.19. The number of anilines is 9. The van der Waals surface area contributed by atoms with Crippen LogP contribution in [0.25, 0.3) is 20.2 Å². The van der Waals surface area contributed by atoms with Gasteiger partial charge >= 0.3 is 0 Å². The van der Waals surface area contributed by atoms with Crippen molar-refractivity contribution < 1.29 is 0 Å². The maximum absolute atomic E-state index is 2.74. The van der Waals surface area contributed by atoms with Gasteiger partial charge in [0.2, 0.25) is 0 Å². The van der Waals surface area contributed by atoms with Crippen molar-refractivity contribution in [2.75, 3.05) is 14.7 Å². The van der Waals surface area contributed by atoms with Crippen LogP contribution in [0.2, 0.25) is 0 Å². The van der Waals surface area contributed by atoms with E-state index in [4.69, 9.17) is 0 Å². The number of para-hydroxylation sites is 2. The SMILES string of the molecule is CC(C)(C)c1cc2c3c(c1)N(c1ccc4c(sc5ccccc54)c1C(C)(C)C)c1cc(N(c4ccccc4)c4ccccc4)ccc1B3c1cc3c(cc1N2c1ccc2c(c1)C(C)(C)CCC2(C)C)C(C)(C)CCC3(C)C. The molecular formula is C72H76BN3S. The Hall–Kier alpha value is -6.56. The van der Waals surface area contributed by atoms with Crippen molar-refractivity contribution in [3.05, 3.63) is 191 Å². The van der Waals surface area contributed by atoms with Gasteiger partial charge in [-0.2, -0.15) is 0 Å². The molecule has 0 spiro atoms. The van der Waals surface area contributed by atoms with Crippen molar-refractivity contribution in [3.8, 4) is 0 Å². The summed E-state index contributed by atoms with van der Waals surface area (Å²) in [5.41, 5.74) is 23.7. The molecule has 0 saturated heterocycles. The van der Waals surface area contributed by atoms with Gasteiger partial charge in [-0.25, -0.2) is 0 Å². The van der Waals surface area contributed by atoms with Gasteiger partial charge in [-0.15, -0.1) is 11.3 Å². The quantitative estimate of drug-likeness (QED) is 0.159. The summed E-state index contributed by atoms with van der Waals surface area (Å²) in [5, 5.41) is 2.67. The molecule has 3 nitrogen and oxygen atoms in total. The molecule has 0 N–H and O–H groups in total. The van der Waals surface area contributed by atoms with Crippen LogP contribution in [0.15, 0.2) is 158 Å². The van der Waals surface area contributed by atoms with Crippen LogP contribution in [-0.4, -0.2) is 6.71 Å². The van der Waals surface area contributed by atoms with Crippen molar-refractivity contribution in [3.63, 3.8) is 0 Å². The minimum atomic E-state index is -0.202. The van der Waals surface area contributed by atoms with Gasteiger partial charge < -0.3 is 14.7 Å². The van der Waals surface area contributed by atoms with Gasteiger partial charge in [0.1, 0.15) is 0 Å². The van der Waals surface area contributed by atoms with E-state index >= 15 is 0 Å². The van der Waals surface area contributed by atoms with E-state index in [1.807, 2.05) is 11.3 Å². The summed E-state index contributed by atoms with van der Waals surface area (Å²) in [4.78, 5) is 7.91. The fourth-order valence-electron chi connectivity index (χ4n) is 14.2. The Morgan fingerprint density at radius 2 is 0.974 bits per heavy atom. The van der Waals surface area contributed by atoms with Crippen molar-refractivity contribution >= 4 is 106 Å². The predicted molar refractivity (Wildman–Crippen MR) is 336 cm³/mol. The second kappa shape index (κ2) is 17.0. The van der Waals surface area contributed by atoms with Gasteiger partial charge in [0.05, 0.1) is 5.69 Å². The Morgan fingerprint density at radius 3 is 1.58 bits per heavy atom. The second-order valence-corrected chi connectivity index (χ2v) is 29.0. The van der Waals surface area contributed by atoms with E-state index < -0.39 is 0 Å². The number of benzene rings is 8. The minimum Gasteiger partial charge on any atom is -0.311 e. The lowest BCUT2D eigenvalue weighted by Crippen LogP contribution is -2.62. The summed E-state index contributed by atoms with van der Waals surface area (Å²) in [7, 11) is 0. The van der Waals surface area contributed by atoms with Crippen LogP contribution in [0, 0.1) is 0 Å². The zero-order valence-electron chi connectivity index (χ0n) is 48.2. The van der Waals surface area contributed by atoms with E-state index in [2.05, 4.69) is 269 Å². The second-order valence-electron chi connectivity index (χ2n) is 27.9. The van der Waals surface area contributed by atoms with Crippen LogP contribution >= 0.6 is 11.3 Å². The molecule has 77 heavy (non-hydrogen) atoms. The Kier molecular flexibility index (Phi) is 11.0. The lowest BCUT2D eigenvalue weighted by Gasteiger charge is -2.48. The standard InChI is InChI=1S/C72H76BN3S/c1-67(2,3)45-39-61-65-62(40-45)76(58-34-31-51-50-27-21-22-28-63(50)77-66(51)64(58)68(4,5)6)59-42-49(74(46-23-17-15-18-24-46)47-25-19-16-20-26-47)30-33-56(59)73(65)57-43-54-55(72(13,14)38-37-71(54,11)12)44-60(57)75(61)48-29-32-52-53(41-48)70(9,10)36-35-69(52,7)8/h15-34,39-44H,35-38H2,1-14H3. The zero-order valence-corrected chi connectivity index (χ0v) is 49.0. The molecular weight excluding hydrogens is 950 g/mol. The molecule has 8 aromatic carbocycles. The molecule has 5 heteroatoms. The number of rotatable bonds is 5. The van der Waals surface area contributed by atoms with E-state index in [1.165, 1.54) is 117 Å². The van der Waals surface area contributed by atoms with Gasteiger partial charge in [-0.3, -0.25) is 0 Å². The zero-order chi connectivity index (χ0) is 53.9. The van der Waals surface area contributed by atoms with Gasteiger partial charge in [0, 0.05) is 65.7 Å². The van der Waals surface area contributed by atoms with Gasteiger partial charge in [0.25, 0.3) is 6.71 Å². The van der Waals surface area contributed by atoms with Gasteiger partial charge in [0.15, 0.2) is 0 Å². The number of hydrogen-bond acceptors (Lipinski definition) is 4. The largest absolute Gasteiger partial charge is 0.311 e. The molecule has 0 radical (unpaired) electrons. The van der Waals surface area contributed by atoms with E-state index in [0.29, 0.717) is 0 Å². The van der Waals surface area contributed by atoms with Crippen molar-refractivity contribution in [1.29, 1.82) is 0 Å². The minimum absolute atomic E-state index is 0.0197. The summed E-state index contributed by atoms with van der Waals surface area (Å²) in [5.74, 6) is 0. The Morgan fingerprint density at radius 1 is 0.429 bits per heavy atom. The normalized spacial score (nSPS) is 17.6. The molecule has 0 atom stereocenters. The predicted octanol–water partition coefficient (Wildman–Crippen LogP) is 18.9. The first-order valence-electron chi connectivity index (χ1n) is 28.5. The van der Waals surface area contributed by atoms with Crippen LogP contribution in [0.3, 0.4) is 0 Å². The van der Waals surface area contributed by atoms with Gasteiger partial charge in [-0.1, -0.05) is 176 Å². The van der Waals surface area contributed by atoms with Crippen LogP contribution in [0.5, 0.6) is 0 Å². The third kappa shape index (κ3) is 7.78. The average Bonchev–Trinajstić information content (AvgIpc) is 3.93. The molecule has 2 aliphatic carbocycles. The fraction of sp³-hybridized carbons (Fsp3) is 0.333. The van der Waals surface area contributed by atoms with E-state index in [-0.39, 0.29) is 39.2 Å². The Labute approximate surface area is 464 Å². The molecule has 1 aromatic heterocycles. The van der Waals surface area contributed by atoms with Crippen molar-refractivity contribution in [2.24, 2.45) is 0 Å². The van der Waals surface area contributed by atoms with Gasteiger partial charge in [-0.05, 0) is 187 Å². The highest BCUT2D eigenvalue weighted by atomic mass is 32.1. The highest BCUT2D eigenvalue weighted by Gasteiger charge is 2.48. The topological polar surface area (TPSA) is 9.72 Å². The van der Waals surface area contributed by atoms with Crippen LogP contribution in [-0.2, 0) is 32.5 Å². The first kappa shape index (κ1) is 50.0. The summed E-state index contributed by atoms with van der Waals surface area (Å²) in [6.07, 6.45) is 4.67. The monoisotopic (exact) mass is 1030 g/mol. The van der Waals surface area contributed by atoms with E-state index in [1.54, 1.807) is 0 Å². The molecule has 13 rings (SSSR count). The Bertz CT molecular complexity index is 3820. The molecule has 4 aliphatic rings. The van der Waals surface area contributed by atoms with Crippen LogP contribution < -0.4 is 31.1 Å². The molecule has 0 saturated carbocycles. The van der Waals surface area contributed by atoms with Crippen LogP contribution in [0.4, 0.5) is 51.2 Å². The highest BCUT2D eigenvalue weighted by molar-refractivity contribution is 7.26. The summed E-state index contributed by atoms with van der Waals surface area (Å²) in [6, 6.07) is 61.4. The highest BCUT2D eigenvalue weighted by Crippen LogP contribution is 2.55. The molecule has 3 heterocycles. The summed E-state index contributed by atoms with van der Waals surface area (Å²) < 4.78 is 2.70. The molecule has 9 aromatic rings. The molecule has 0 amide bonds. The lowest BCUT2D eigenvalue weighted by molar-refractivity contribution is 0.332. The molecule has 0 unspecified atom stereocenters. The molecule has 0 bridgehead atoms. The summed E-state index contributed by atoms with van der Waals surface area (Å²) in [6.45, 7) is 34.3. The number of fused-ring (bicyclic) bond motifs is 9. The average molecular weight is 1030 g/mol. The number of nitrogens with zero attached hydrogens (tertiary/aromatic N) is 3. The first-order valence-corrected chi connectivity index (χ1v) is 29.4. The summed E-state index contributed by atoms with van der Waals surface area (Å²) >= 11 is 1.95. The molecule has 0 fully saturated rings. The van der Waals surface area contributed by atoms with E-state index in [9.17, 15) is 0 Å². The fourth-order valence-corrected chi connectivity index (χ4v) is 15.6. The lowest BCUT2D eigenvalue weighted by atomic mass is 9.33. The first-order chi connectivity index (χ1) is 36.4. The molecule has 388 valence electrons.